The van der Waals surface area contributed by atoms with Gasteiger partial charge in [0.1, 0.15) is 17.5 Å². The van der Waals surface area contributed by atoms with E-state index >= 15 is 0 Å². The van der Waals surface area contributed by atoms with E-state index in [-0.39, 0.29) is 17.6 Å². The Balaban J connectivity index is 1.62. The molecular formula is C20H22FN5O. The van der Waals surface area contributed by atoms with Crippen LogP contribution in [0.4, 0.5) is 10.2 Å². The van der Waals surface area contributed by atoms with Crippen LogP contribution >= 0.6 is 0 Å². The molecule has 0 fully saturated rings. The van der Waals surface area contributed by atoms with Crippen molar-refractivity contribution in [1.29, 1.82) is 0 Å². The highest BCUT2D eigenvalue weighted by Crippen LogP contribution is 2.20. The summed E-state index contributed by atoms with van der Waals surface area (Å²) in [6, 6.07) is 6.21. The van der Waals surface area contributed by atoms with E-state index in [1.165, 1.54) is 24.5 Å². The van der Waals surface area contributed by atoms with E-state index < -0.39 is 0 Å². The zero-order valence-corrected chi connectivity index (χ0v) is 15.6. The van der Waals surface area contributed by atoms with Gasteiger partial charge in [-0.1, -0.05) is 13.8 Å². The quantitative estimate of drug-likeness (QED) is 0.653. The van der Waals surface area contributed by atoms with E-state index in [0.29, 0.717) is 29.4 Å². The van der Waals surface area contributed by atoms with Gasteiger partial charge < -0.3 is 10.6 Å². The summed E-state index contributed by atoms with van der Waals surface area (Å²) in [4.78, 5) is 25.3. The van der Waals surface area contributed by atoms with Crippen molar-refractivity contribution in [2.45, 2.75) is 26.7 Å². The van der Waals surface area contributed by atoms with E-state index in [4.69, 9.17) is 0 Å². The van der Waals surface area contributed by atoms with Crippen LogP contribution in [-0.2, 0) is 0 Å². The van der Waals surface area contributed by atoms with Gasteiger partial charge in [-0.25, -0.2) is 14.4 Å². The highest BCUT2D eigenvalue weighted by atomic mass is 19.1. The molecule has 0 radical (unpaired) electrons. The summed E-state index contributed by atoms with van der Waals surface area (Å²) in [6.45, 7) is 6.92. The van der Waals surface area contributed by atoms with E-state index in [0.717, 1.165) is 17.3 Å². The number of benzene rings is 1. The van der Waals surface area contributed by atoms with Gasteiger partial charge in [-0.15, -0.1) is 0 Å². The lowest BCUT2D eigenvalue weighted by Gasteiger charge is -2.11. The third-order valence-electron chi connectivity index (χ3n) is 4.11. The summed E-state index contributed by atoms with van der Waals surface area (Å²) in [5.41, 5.74) is 1.30. The van der Waals surface area contributed by atoms with Gasteiger partial charge in [-0.05, 0) is 25.1 Å². The topological polar surface area (TPSA) is 79.8 Å². The molecule has 2 aromatic heterocycles. The molecule has 27 heavy (non-hydrogen) atoms. The van der Waals surface area contributed by atoms with Crippen LogP contribution in [0.5, 0.6) is 0 Å². The molecule has 1 aromatic carbocycles. The number of nitrogens with one attached hydrogen (secondary N) is 2. The number of hydrogen-bond acceptors (Lipinski definition) is 5. The monoisotopic (exact) mass is 367 g/mol. The van der Waals surface area contributed by atoms with Gasteiger partial charge in [0.15, 0.2) is 0 Å². The van der Waals surface area contributed by atoms with Crippen molar-refractivity contribution in [1.82, 2.24) is 20.3 Å². The second-order valence-corrected chi connectivity index (χ2v) is 6.61. The molecule has 0 aliphatic carbocycles. The first-order valence-corrected chi connectivity index (χ1v) is 8.85. The standard InChI is InChI=1S/C20H22FN5O/c1-12(2)19-25-13(3)10-18(26-19)23-8-9-24-20(27)15-4-5-17(21)14-6-7-22-11-16(14)15/h4-7,10-12H,8-9H2,1-3H3,(H,24,27)(H,23,25,26). The normalized spacial score (nSPS) is 11.0. The molecule has 0 saturated carbocycles. The molecule has 0 saturated heterocycles. The fraction of sp³-hybridized carbons (Fsp3) is 0.300. The minimum Gasteiger partial charge on any atom is -0.368 e. The smallest absolute Gasteiger partial charge is 0.252 e. The Morgan fingerprint density at radius 3 is 2.74 bits per heavy atom. The van der Waals surface area contributed by atoms with E-state index in [1.54, 1.807) is 6.07 Å². The van der Waals surface area contributed by atoms with Crippen LogP contribution in [0.25, 0.3) is 10.8 Å². The summed E-state index contributed by atoms with van der Waals surface area (Å²) in [6.07, 6.45) is 3.01. The number of halogens is 1. The first-order valence-electron chi connectivity index (χ1n) is 8.85. The number of anilines is 1. The molecule has 2 N–H and O–H groups in total. The average molecular weight is 367 g/mol. The lowest BCUT2D eigenvalue weighted by Crippen LogP contribution is -2.29. The van der Waals surface area contributed by atoms with Crippen molar-refractivity contribution in [3.05, 3.63) is 59.6 Å². The number of carbonyl (C=O) groups excluding carboxylic acids is 1. The van der Waals surface area contributed by atoms with Crippen molar-refractivity contribution in [2.75, 3.05) is 18.4 Å². The average Bonchev–Trinajstić information content (AvgIpc) is 2.65. The third kappa shape index (κ3) is 4.36. The summed E-state index contributed by atoms with van der Waals surface area (Å²) < 4.78 is 13.9. The largest absolute Gasteiger partial charge is 0.368 e. The molecule has 3 rings (SSSR count). The van der Waals surface area contributed by atoms with Gasteiger partial charge in [-0.3, -0.25) is 9.78 Å². The Bertz CT molecular complexity index is 974. The van der Waals surface area contributed by atoms with Crippen LogP contribution in [0.3, 0.4) is 0 Å². The Morgan fingerprint density at radius 2 is 1.96 bits per heavy atom. The van der Waals surface area contributed by atoms with Crippen LogP contribution in [0, 0.1) is 12.7 Å². The molecule has 2 heterocycles. The Labute approximate surface area is 157 Å². The van der Waals surface area contributed by atoms with Crippen molar-refractivity contribution in [3.8, 4) is 0 Å². The minimum absolute atomic E-state index is 0.241. The number of rotatable bonds is 6. The lowest BCUT2D eigenvalue weighted by molar-refractivity contribution is 0.0957. The van der Waals surface area contributed by atoms with Crippen LogP contribution < -0.4 is 10.6 Å². The van der Waals surface area contributed by atoms with Gasteiger partial charge in [0, 0.05) is 59.5 Å². The van der Waals surface area contributed by atoms with Crippen LogP contribution in [0.15, 0.2) is 36.7 Å². The number of nitrogens with zero attached hydrogens (tertiary/aromatic N) is 3. The second kappa shape index (κ2) is 8.07. The maximum absolute atomic E-state index is 13.9. The van der Waals surface area contributed by atoms with Gasteiger partial charge in [0.25, 0.3) is 5.91 Å². The number of aromatic nitrogens is 3. The lowest BCUT2D eigenvalue weighted by atomic mass is 10.1. The molecule has 0 aliphatic rings. The number of hydrogen-bond donors (Lipinski definition) is 2. The number of amides is 1. The molecule has 140 valence electrons. The highest BCUT2D eigenvalue weighted by Gasteiger charge is 2.12. The molecular weight excluding hydrogens is 345 g/mol. The molecule has 1 amide bonds. The second-order valence-electron chi connectivity index (χ2n) is 6.61. The molecule has 0 atom stereocenters. The highest BCUT2D eigenvalue weighted by molar-refractivity contribution is 6.06. The van der Waals surface area contributed by atoms with E-state index in [2.05, 4.69) is 25.6 Å². The predicted molar refractivity (Wildman–Crippen MR) is 103 cm³/mol. The van der Waals surface area contributed by atoms with Crippen LogP contribution in [0.1, 0.15) is 41.6 Å². The molecule has 0 spiro atoms. The number of fused-ring (bicyclic) bond motifs is 1. The van der Waals surface area contributed by atoms with Crippen molar-refractivity contribution < 1.29 is 9.18 Å². The Kier molecular flexibility index (Phi) is 5.59. The van der Waals surface area contributed by atoms with Crippen molar-refractivity contribution >= 4 is 22.5 Å². The maximum Gasteiger partial charge on any atom is 0.252 e. The molecule has 0 unspecified atom stereocenters. The Hall–Kier alpha value is -3.09. The number of aryl methyl sites for hydroxylation is 1. The predicted octanol–water partition coefficient (Wildman–Crippen LogP) is 3.44. The maximum atomic E-state index is 13.9. The summed E-state index contributed by atoms with van der Waals surface area (Å²) in [7, 11) is 0. The Morgan fingerprint density at radius 1 is 1.15 bits per heavy atom. The van der Waals surface area contributed by atoms with Gasteiger partial charge >= 0.3 is 0 Å². The zero-order valence-electron chi connectivity index (χ0n) is 15.6. The SMILES string of the molecule is Cc1cc(NCCNC(=O)c2ccc(F)c3ccncc23)nc(C(C)C)n1. The minimum atomic E-state index is -0.370. The molecule has 0 bridgehead atoms. The number of pyridine rings is 1. The summed E-state index contributed by atoms with van der Waals surface area (Å²) >= 11 is 0. The zero-order chi connectivity index (χ0) is 19.4. The van der Waals surface area contributed by atoms with Crippen LogP contribution in [0.2, 0.25) is 0 Å². The molecule has 6 nitrogen and oxygen atoms in total. The first kappa shape index (κ1) is 18.7. The van der Waals surface area contributed by atoms with Gasteiger partial charge in [0.05, 0.1) is 0 Å². The molecule has 0 aliphatic heterocycles. The summed E-state index contributed by atoms with van der Waals surface area (Å²) in [5, 5.41) is 6.91. The molecule has 3 aromatic rings. The van der Waals surface area contributed by atoms with Gasteiger partial charge in [0.2, 0.25) is 0 Å². The van der Waals surface area contributed by atoms with Crippen LogP contribution in [-0.4, -0.2) is 33.9 Å². The fourth-order valence-corrected chi connectivity index (χ4v) is 2.75. The third-order valence-corrected chi connectivity index (χ3v) is 4.11. The fourth-order valence-electron chi connectivity index (χ4n) is 2.75. The van der Waals surface area contributed by atoms with Crippen molar-refractivity contribution in [2.24, 2.45) is 0 Å². The number of carbonyl (C=O) groups is 1. The molecule has 7 heteroatoms. The van der Waals surface area contributed by atoms with Crippen molar-refractivity contribution in [3.63, 3.8) is 0 Å². The van der Waals surface area contributed by atoms with E-state index in [1.807, 2.05) is 26.8 Å². The first-order chi connectivity index (χ1) is 13.0. The van der Waals surface area contributed by atoms with E-state index in [9.17, 15) is 9.18 Å². The van der Waals surface area contributed by atoms with Gasteiger partial charge in [-0.2, -0.15) is 0 Å². The summed E-state index contributed by atoms with van der Waals surface area (Å²) in [5.74, 6) is 1.12.